The molecule has 0 saturated heterocycles. The first-order valence-corrected chi connectivity index (χ1v) is 7.06. The van der Waals surface area contributed by atoms with E-state index in [-0.39, 0.29) is 0 Å². The van der Waals surface area contributed by atoms with Crippen molar-refractivity contribution in [1.29, 1.82) is 0 Å². The van der Waals surface area contributed by atoms with Gasteiger partial charge < -0.3 is 10.1 Å². The van der Waals surface area contributed by atoms with Crippen LogP contribution in [0.15, 0.2) is 46.7 Å². The SMILES string of the molecule is CN(C)C(/C=N/O)=NCCCc1cn(-c2ccccc2)nn1. The van der Waals surface area contributed by atoms with Crippen LogP contribution in [-0.2, 0) is 6.42 Å². The number of oxime groups is 1. The van der Waals surface area contributed by atoms with Crippen molar-refractivity contribution < 1.29 is 5.21 Å². The van der Waals surface area contributed by atoms with Crippen LogP contribution in [0, 0.1) is 0 Å². The van der Waals surface area contributed by atoms with Crippen LogP contribution in [0.5, 0.6) is 0 Å². The maximum atomic E-state index is 8.57. The fraction of sp³-hybridized carbons (Fsp3) is 0.333. The molecule has 1 N–H and O–H groups in total. The van der Waals surface area contributed by atoms with E-state index in [0.717, 1.165) is 24.2 Å². The first kappa shape index (κ1) is 15.7. The summed E-state index contributed by atoms with van der Waals surface area (Å²) in [7, 11) is 3.71. The van der Waals surface area contributed by atoms with Gasteiger partial charge in [0.2, 0.25) is 0 Å². The number of para-hydroxylation sites is 1. The number of hydrogen-bond acceptors (Lipinski definition) is 5. The minimum Gasteiger partial charge on any atom is -0.411 e. The number of amidine groups is 1. The molecule has 116 valence electrons. The van der Waals surface area contributed by atoms with Gasteiger partial charge in [0.1, 0.15) is 12.1 Å². The van der Waals surface area contributed by atoms with Crippen LogP contribution in [-0.4, -0.2) is 57.8 Å². The molecule has 0 aliphatic carbocycles. The lowest BCUT2D eigenvalue weighted by Gasteiger charge is -2.10. The Balaban J connectivity index is 1.88. The van der Waals surface area contributed by atoms with Crippen molar-refractivity contribution in [3.63, 3.8) is 0 Å². The Labute approximate surface area is 129 Å². The molecule has 0 bridgehead atoms. The lowest BCUT2D eigenvalue weighted by molar-refractivity contribution is 0.322. The Hall–Kier alpha value is -2.70. The number of hydrogen-bond donors (Lipinski definition) is 1. The highest BCUT2D eigenvalue weighted by atomic mass is 16.4. The molecule has 0 atom stereocenters. The summed E-state index contributed by atoms with van der Waals surface area (Å²) in [5.41, 5.74) is 1.93. The zero-order valence-corrected chi connectivity index (χ0v) is 12.8. The van der Waals surface area contributed by atoms with Gasteiger partial charge in [-0.1, -0.05) is 28.6 Å². The summed E-state index contributed by atoms with van der Waals surface area (Å²) in [4.78, 5) is 6.17. The standard InChI is InChI=1S/C15H20N6O/c1-20(2)15(11-17-22)16-10-6-7-13-12-21(19-18-13)14-8-4-3-5-9-14/h3-5,8-9,11-12,22H,6-7,10H2,1-2H3/b16-15?,17-11+. The zero-order valence-electron chi connectivity index (χ0n) is 12.8. The molecule has 0 spiro atoms. The summed E-state index contributed by atoms with van der Waals surface area (Å²) in [5, 5.41) is 19.9. The second-order valence-corrected chi connectivity index (χ2v) is 4.97. The minimum atomic E-state index is 0.635. The highest BCUT2D eigenvalue weighted by Gasteiger charge is 2.03. The summed E-state index contributed by atoms with van der Waals surface area (Å²) in [6.07, 6.45) is 4.91. The first-order valence-electron chi connectivity index (χ1n) is 7.06. The van der Waals surface area contributed by atoms with E-state index < -0.39 is 0 Å². The number of rotatable bonds is 6. The summed E-state index contributed by atoms with van der Waals surface area (Å²) >= 11 is 0. The van der Waals surface area contributed by atoms with Crippen molar-refractivity contribution in [1.82, 2.24) is 19.9 Å². The van der Waals surface area contributed by atoms with E-state index in [1.807, 2.05) is 50.6 Å². The van der Waals surface area contributed by atoms with E-state index >= 15 is 0 Å². The van der Waals surface area contributed by atoms with Gasteiger partial charge in [0.05, 0.1) is 17.6 Å². The largest absolute Gasteiger partial charge is 0.411 e. The van der Waals surface area contributed by atoms with E-state index in [9.17, 15) is 0 Å². The summed E-state index contributed by atoms with van der Waals surface area (Å²) in [5.74, 6) is 0.635. The molecule has 22 heavy (non-hydrogen) atoms. The molecule has 7 nitrogen and oxygen atoms in total. The first-order chi connectivity index (χ1) is 10.7. The fourth-order valence-corrected chi connectivity index (χ4v) is 1.92. The lowest BCUT2D eigenvalue weighted by atomic mass is 10.2. The van der Waals surface area contributed by atoms with Gasteiger partial charge in [-0.2, -0.15) is 0 Å². The van der Waals surface area contributed by atoms with Gasteiger partial charge in [-0.15, -0.1) is 5.10 Å². The number of aromatic nitrogens is 3. The monoisotopic (exact) mass is 300 g/mol. The molecule has 0 radical (unpaired) electrons. The summed E-state index contributed by atoms with van der Waals surface area (Å²) in [6, 6.07) is 9.88. The van der Waals surface area contributed by atoms with Gasteiger partial charge in [-0.05, 0) is 25.0 Å². The topological polar surface area (TPSA) is 78.9 Å². The zero-order chi connectivity index (χ0) is 15.8. The predicted molar refractivity (Wildman–Crippen MR) is 85.9 cm³/mol. The number of aryl methyl sites for hydroxylation is 1. The molecule has 0 aliphatic rings. The van der Waals surface area contributed by atoms with Crippen LogP contribution in [0.3, 0.4) is 0 Å². The quantitative estimate of drug-likeness (QED) is 0.289. The highest BCUT2D eigenvalue weighted by molar-refractivity contribution is 6.28. The Morgan fingerprint density at radius 3 is 2.77 bits per heavy atom. The molecule has 0 amide bonds. The lowest BCUT2D eigenvalue weighted by Crippen LogP contribution is -2.23. The molecule has 7 heteroatoms. The fourth-order valence-electron chi connectivity index (χ4n) is 1.92. The van der Waals surface area contributed by atoms with Crippen molar-refractivity contribution in [2.24, 2.45) is 10.1 Å². The van der Waals surface area contributed by atoms with Crippen LogP contribution in [0.1, 0.15) is 12.1 Å². The molecule has 0 aliphatic heterocycles. The maximum absolute atomic E-state index is 8.57. The molecular weight excluding hydrogens is 280 g/mol. The third kappa shape index (κ3) is 4.41. The maximum Gasteiger partial charge on any atom is 0.145 e. The molecule has 1 heterocycles. The third-order valence-electron chi connectivity index (χ3n) is 3.06. The average Bonchev–Trinajstić information content (AvgIpc) is 3.00. The Kier molecular flexibility index (Phi) is 5.65. The second-order valence-electron chi connectivity index (χ2n) is 4.97. The average molecular weight is 300 g/mol. The highest BCUT2D eigenvalue weighted by Crippen LogP contribution is 2.07. The van der Waals surface area contributed by atoms with Crippen molar-refractivity contribution in [2.45, 2.75) is 12.8 Å². The van der Waals surface area contributed by atoms with Gasteiger partial charge in [0.15, 0.2) is 0 Å². The number of benzene rings is 1. The molecule has 1 aromatic carbocycles. The summed E-state index contributed by atoms with van der Waals surface area (Å²) in [6.45, 7) is 0.637. The molecule has 2 rings (SSSR count). The molecule has 2 aromatic rings. The van der Waals surface area contributed by atoms with Crippen LogP contribution in [0.25, 0.3) is 5.69 Å². The van der Waals surface area contributed by atoms with Crippen LogP contribution >= 0.6 is 0 Å². The molecule has 0 fully saturated rings. The van der Waals surface area contributed by atoms with Crippen LogP contribution in [0.4, 0.5) is 0 Å². The minimum absolute atomic E-state index is 0.635. The van der Waals surface area contributed by atoms with E-state index in [2.05, 4.69) is 20.5 Å². The smallest absolute Gasteiger partial charge is 0.145 e. The molecular formula is C15H20N6O. The Morgan fingerprint density at radius 2 is 2.09 bits per heavy atom. The van der Waals surface area contributed by atoms with E-state index in [1.165, 1.54) is 6.21 Å². The van der Waals surface area contributed by atoms with Gasteiger partial charge in [-0.3, -0.25) is 4.99 Å². The normalized spacial score (nSPS) is 12.0. The van der Waals surface area contributed by atoms with Gasteiger partial charge in [0, 0.05) is 20.6 Å². The van der Waals surface area contributed by atoms with Crippen molar-refractivity contribution in [3.8, 4) is 5.69 Å². The Morgan fingerprint density at radius 1 is 1.32 bits per heavy atom. The van der Waals surface area contributed by atoms with Crippen molar-refractivity contribution >= 4 is 12.1 Å². The second kappa shape index (κ2) is 7.92. The van der Waals surface area contributed by atoms with E-state index in [0.29, 0.717) is 12.4 Å². The van der Waals surface area contributed by atoms with Crippen LogP contribution in [0.2, 0.25) is 0 Å². The van der Waals surface area contributed by atoms with Crippen LogP contribution < -0.4 is 0 Å². The van der Waals surface area contributed by atoms with Gasteiger partial charge in [-0.25, -0.2) is 4.68 Å². The number of aliphatic imine (C=N–C) groups is 1. The van der Waals surface area contributed by atoms with E-state index in [4.69, 9.17) is 5.21 Å². The molecule has 0 saturated carbocycles. The molecule has 0 unspecified atom stereocenters. The van der Waals surface area contributed by atoms with Gasteiger partial charge >= 0.3 is 0 Å². The Bertz CT molecular complexity index is 632. The van der Waals surface area contributed by atoms with E-state index in [1.54, 1.807) is 9.58 Å². The van der Waals surface area contributed by atoms with Gasteiger partial charge in [0.25, 0.3) is 0 Å². The molecule has 1 aromatic heterocycles. The third-order valence-corrected chi connectivity index (χ3v) is 3.06. The van der Waals surface area contributed by atoms with Crippen molar-refractivity contribution in [2.75, 3.05) is 20.6 Å². The number of nitrogens with zero attached hydrogens (tertiary/aromatic N) is 6. The summed E-state index contributed by atoms with van der Waals surface area (Å²) < 4.78 is 1.77. The predicted octanol–water partition coefficient (Wildman–Crippen LogP) is 1.62. The van der Waals surface area contributed by atoms with Crippen molar-refractivity contribution in [3.05, 3.63) is 42.2 Å².